The fourth-order valence-corrected chi connectivity index (χ4v) is 2.15. The lowest BCUT2D eigenvalue weighted by molar-refractivity contribution is -0.384. The Bertz CT molecular complexity index is 674. The van der Waals surface area contributed by atoms with E-state index in [4.69, 9.17) is 16.3 Å². The van der Waals surface area contributed by atoms with Crippen molar-refractivity contribution in [2.24, 2.45) is 0 Å². The van der Waals surface area contributed by atoms with Crippen LogP contribution in [-0.2, 0) is 6.54 Å². The zero-order chi connectivity index (χ0) is 15.4. The number of nitrogens with zero attached hydrogens (tertiary/aromatic N) is 1. The quantitative estimate of drug-likeness (QED) is 0.665. The third-order valence-corrected chi connectivity index (χ3v) is 3.36. The van der Waals surface area contributed by atoms with E-state index < -0.39 is 4.92 Å². The second-order valence-corrected chi connectivity index (χ2v) is 5.01. The van der Waals surface area contributed by atoms with Gasteiger partial charge in [-0.3, -0.25) is 10.1 Å². The van der Waals surface area contributed by atoms with Crippen LogP contribution < -0.4 is 10.1 Å². The highest BCUT2D eigenvalue weighted by atomic mass is 35.5. The van der Waals surface area contributed by atoms with Crippen LogP contribution in [0.25, 0.3) is 0 Å². The minimum absolute atomic E-state index is 0.0906. The molecule has 1 N–H and O–H groups in total. The molecule has 0 amide bonds. The van der Waals surface area contributed by atoms with Crippen molar-refractivity contribution in [3.05, 3.63) is 62.7 Å². The Morgan fingerprint density at radius 2 is 2.05 bits per heavy atom. The molecule has 0 aromatic heterocycles. The van der Waals surface area contributed by atoms with Crippen molar-refractivity contribution < 1.29 is 9.66 Å². The highest BCUT2D eigenvalue weighted by molar-refractivity contribution is 6.32. The summed E-state index contributed by atoms with van der Waals surface area (Å²) in [4.78, 5) is 10.4. The molecule has 21 heavy (non-hydrogen) atoms. The second kappa shape index (κ2) is 6.45. The summed E-state index contributed by atoms with van der Waals surface area (Å²) in [7, 11) is 1.60. The van der Waals surface area contributed by atoms with E-state index in [1.54, 1.807) is 13.2 Å². The molecule has 2 rings (SSSR count). The summed E-state index contributed by atoms with van der Waals surface area (Å²) in [5, 5.41) is 14.2. The van der Waals surface area contributed by atoms with Crippen molar-refractivity contribution in [3.8, 4) is 5.75 Å². The van der Waals surface area contributed by atoms with Crippen LogP contribution in [0, 0.1) is 17.0 Å². The monoisotopic (exact) mass is 306 g/mol. The average molecular weight is 307 g/mol. The standard InChI is InChI=1S/C15H15ClN2O3/c1-10-3-6-15(21-2)13(7-10)17-9-11-4-5-12(16)14(8-11)18(19)20/h3-8,17H,9H2,1-2H3. The van der Waals surface area contributed by atoms with Gasteiger partial charge in [-0.2, -0.15) is 0 Å². The van der Waals surface area contributed by atoms with Crippen molar-refractivity contribution in [1.82, 2.24) is 0 Å². The third-order valence-electron chi connectivity index (χ3n) is 3.05. The molecule has 0 unspecified atom stereocenters. The smallest absolute Gasteiger partial charge is 0.288 e. The molecule has 2 aromatic carbocycles. The van der Waals surface area contributed by atoms with Crippen molar-refractivity contribution in [3.63, 3.8) is 0 Å². The summed E-state index contributed by atoms with van der Waals surface area (Å²) < 4.78 is 5.28. The van der Waals surface area contributed by atoms with E-state index >= 15 is 0 Å². The first-order chi connectivity index (χ1) is 10.0. The predicted octanol–water partition coefficient (Wildman–Crippen LogP) is 4.18. The summed E-state index contributed by atoms with van der Waals surface area (Å²) in [6.45, 7) is 2.43. The Morgan fingerprint density at radius 3 is 2.71 bits per heavy atom. The Morgan fingerprint density at radius 1 is 1.29 bits per heavy atom. The summed E-state index contributed by atoms with van der Waals surface area (Å²) >= 11 is 5.79. The van der Waals surface area contributed by atoms with Gasteiger partial charge in [-0.05, 0) is 36.2 Å². The minimum atomic E-state index is -0.487. The molecule has 0 atom stereocenters. The number of ether oxygens (including phenoxy) is 1. The van der Waals surface area contributed by atoms with Gasteiger partial charge in [0.2, 0.25) is 0 Å². The van der Waals surface area contributed by atoms with Crippen molar-refractivity contribution in [2.75, 3.05) is 12.4 Å². The fraction of sp³-hybridized carbons (Fsp3) is 0.200. The second-order valence-electron chi connectivity index (χ2n) is 4.60. The first kappa shape index (κ1) is 15.1. The number of methoxy groups -OCH3 is 1. The van der Waals surface area contributed by atoms with Gasteiger partial charge in [0.1, 0.15) is 10.8 Å². The van der Waals surface area contributed by atoms with Gasteiger partial charge in [-0.1, -0.05) is 23.7 Å². The van der Waals surface area contributed by atoms with Crippen LogP contribution in [-0.4, -0.2) is 12.0 Å². The molecule has 0 fully saturated rings. The van der Waals surface area contributed by atoms with Gasteiger partial charge < -0.3 is 10.1 Å². The van der Waals surface area contributed by atoms with Crippen LogP contribution >= 0.6 is 11.6 Å². The maximum Gasteiger partial charge on any atom is 0.288 e. The van der Waals surface area contributed by atoms with Crippen LogP contribution in [0.4, 0.5) is 11.4 Å². The van der Waals surface area contributed by atoms with Gasteiger partial charge in [-0.15, -0.1) is 0 Å². The topological polar surface area (TPSA) is 64.4 Å². The molecule has 0 saturated carbocycles. The number of nitrogens with one attached hydrogen (secondary N) is 1. The molecule has 110 valence electrons. The Hall–Kier alpha value is -2.27. The maximum absolute atomic E-state index is 10.9. The molecule has 5 nitrogen and oxygen atoms in total. The molecule has 0 saturated heterocycles. The van der Waals surface area contributed by atoms with Crippen LogP contribution in [0.5, 0.6) is 5.75 Å². The van der Waals surface area contributed by atoms with Gasteiger partial charge in [0.05, 0.1) is 17.7 Å². The molecule has 0 bridgehead atoms. The Kier molecular flexibility index (Phi) is 4.65. The molecule has 0 spiro atoms. The molecular formula is C15H15ClN2O3. The number of aryl methyl sites for hydroxylation is 1. The Labute approximate surface area is 127 Å². The summed E-state index contributed by atoms with van der Waals surface area (Å²) in [5.74, 6) is 0.726. The van der Waals surface area contributed by atoms with E-state index in [0.29, 0.717) is 6.54 Å². The molecule has 0 aliphatic rings. The van der Waals surface area contributed by atoms with Crippen LogP contribution in [0.15, 0.2) is 36.4 Å². The number of halogens is 1. The average Bonchev–Trinajstić information content (AvgIpc) is 2.46. The molecule has 0 aliphatic heterocycles. The van der Waals surface area contributed by atoms with Gasteiger partial charge in [-0.25, -0.2) is 0 Å². The first-order valence-electron chi connectivity index (χ1n) is 6.32. The van der Waals surface area contributed by atoms with Gasteiger partial charge >= 0.3 is 0 Å². The number of nitro groups is 1. The van der Waals surface area contributed by atoms with E-state index in [2.05, 4.69) is 5.32 Å². The van der Waals surface area contributed by atoms with Crippen LogP contribution in [0.2, 0.25) is 5.02 Å². The zero-order valence-corrected chi connectivity index (χ0v) is 12.5. The van der Waals surface area contributed by atoms with E-state index in [-0.39, 0.29) is 10.7 Å². The number of benzene rings is 2. The highest BCUT2D eigenvalue weighted by Gasteiger charge is 2.12. The molecule has 6 heteroatoms. The number of anilines is 1. The SMILES string of the molecule is COc1ccc(C)cc1NCc1ccc(Cl)c([N+](=O)[O-])c1. The fourth-order valence-electron chi connectivity index (χ4n) is 1.97. The lowest BCUT2D eigenvalue weighted by Gasteiger charge is -2.12. The van der Waals surface area contributed by atoms with Crippen molar-refractivity contribution >= 4 is 23.0 Å². The van der Waals surface area contributed by atoms with Crippen LogP contribution in [0.3, 0.4) is 0 Å². The Balaban J connectivity index is 2.19. The summed E-state index contributed by atoms with van der Waals surface area (Å²) in [5.41, 5.74) is 2.62. The molecular weight excluding hydrogens is 292 g/mol. The first-order valence-corrected chi connectivity index (χ1v) is 6.70. The largest absolute Gasteiger partial charge is 0.495 e. The van der Waals surface area contributed by atoms with Gasteiger partial charge in [0.25, 0.3) is 5.69 Å². The molecule has 0 radical (unpaired) electrons. The number of rotatable bonds is 5. The van der Waals surface area contributed by atoms with Gasteiger partial charge in [0.15, 0.2) is 0 Å². The van der Waals surface area contributed by atoms with Gasteiger partial charge in [0, 0.05) is 12.6 Å². The third kappa shape index (κ3) is 3.64. The number of hydrogen-bond acceptors (Lipinski definition) is 4. The summed E-state index contributed by atoms with van der Waals surface area (Å²) in [6, 6.07) is 10.6. The summed E-state index contributed by atoms with van der Waals surface area (Å²) in [6.07, 6.45) is 0. The minimum Gasteiger partial charge on any atom is -0.495 e. The van der Waals surface area contributed by atoms with E-state index in [1.807, 2.05) is 25.1 Å². The number of hydrogen-bond donors (Lipinski definition) is 1. The van der Waals surface area contributed by atoms with E-state index in [9.17, 15) is 10.1 Å². The zero-order valence-electron chi connectivity index (χ0n) is 11.7. The molecule has 2 aromatic rings. The van der Waals surface area contributed by atoms with Crippen molar-refractivity contribution in [1.29, 1.82) is 0 Å². The predicted molar refractivity (Wildman–Crippen MR) is 83.2 cm³/mol. The lowest BCUT2D eigenvalue weighted by atomic mass is 10.1. The highest BCUT2D eigenvalue weighted by Crippen LogP contribution is 2.28. The normalized spacial score (nSPS) is 10.2. The molecule has 0 aliphatic carbocycles. The van der Waals surface area contributed by atoms with E-state index in [1.165, 1.54) is 12.1 Å². The number of nitro benzene ring substituents is 1. The maximum atomic E-state index is 10.9. The van der Waals surface area contributed by atoms with Crippen LogP contribution in [0.1, 0.15) is 11.1 Å². The lowest BCUT2D eigenvalue weighted by Crippen LogP contribution is -2.02. The van der Waals surface area contributed by atoms with E-state index in [0.717, 1.165) is 22.6 Å². The molecule has 0 heterocycles. The van der Waals surface area contributed by atoms with Crippen molar-refractivity contribution in [2.45, 2.75) is 13.5 Å².